The van der Waals surface area contributed by atoms with Crippen molar-refractivity contribution in [1.29, 1.82) is 0 Å². The minimum atomic E-state index is -0.414. The number of hydrogen-bond donors (Lipinski definition) is 2. The first-order valence-corrected chi connectivity index (χ1v) is 6.53. The van der Waals surface area contributed by atoms with Crippen LogP contribution in [-0.2, 0) is 7.05 Å². The highest BCUT2D eigenvalue weighted by Crippen LogP contribution is 2.22. The Bertz CT molecular complexity index is 628. The first kappa shape index (κ1) is 15.0. The SMILES string of the molecule is Cn1ncnc1NC(=O)c1ccc(N(O)C(C)(C)C)cc1. The second kappa shape index (κ2) is 5.53. The van der Waals surface area contributed by atoms with Crippen LogP contribution in [0.4, 0.5) is 11.6 Å². The quantitative estimate of drug-likeness (QED) is 0.845. The zero-order valence-electron chi connectivity index (χ0n) is 12.5. The highest BCUT2D eigenvalue weighted by Gasteiger charge is 2.20. The number of carbonyl (C=O) groups excluding carboxylic acids is 1. The second-order valence-electron chi connectivity index (χ2n) is 5.69. The molecular weight excluding hydrogens is 270 g/mol. The Hall–Kier alpha value is -2.41. The molecule has 21 heavy (non-hydrogen) atoms. The Labute approximate surface area is 123 Å². The molecule has 0 bridgehead atoms. The monoisotopic (exact) mass is 289 g/mol. The highest BCUT2D eigenvalue weighted by molar-refractivity contribution is 6.03. The Morgan fingerprint density at radius 2 is 1.90 bits per heavy atom. The van der Waals surface area contributed by atoms with Crippen LogP contribution in [0.25, 0.3) is 0 Å². The van der Waals surface area contributed by atoms with E-state index in [1.54, 1.807) is 31.3 Å². The molecule has 112 valence electrons. The van der Waals surface area contributed by atoms with Crippen LogP contribution >= 0.6 is 0 Å². The van der Waals surface area contributed by atoms with E-state index in [0.29, 0.717) is 17.2 Å². The molecule has 2 rings (SSSR count). The van der Waals surface area contributed by atoms with E-state index >= 15 is 0 Å². The van der Waals surface area contributed by atoms with Crippen molar-refractivity contribution >= 4 is 17.5 Å². The fraction of sp³-hybridized carbons (Fsp3) is 0.357. The van der Waals surface area contributed by atoms with Gasteiger partial charge in [0.05, 0.1) is 11.2 Å². The van der Waals surface area contributed by atoms with Crippen molar-refractivity contribution in [2.45, 2.75) is 26.3 Å². The van der Waals surface area contributed by atoms with Gasteiger partial charge in [0.15, 0.2) is 0 Å². The molecule has 0 aliphatic carbocycles. The summed E-state index contributed by atoms with van der Waals surface area (Å²) in [6.45, 7) is 5.67. The number of aromatic nitrogens is 3. The van der Waals surface area contributed by atoms with Gasteiger partial charge in [-0.3, -0.25) is 20.4 Å². The van der Waals surface area contributed by atoms with Crippen molar-refractivity contribution in [3.05, 3.63) is 36.2 Å². The summed E-state index contributed by atoms with van der Waals surface area (Å²) in [6.07, 6.45) is 1.37. The lowest BCUT2D eigenvalue weighted by molar-refractivity contribution is 0.102. The Morgan fingerprint density at radius 1 is 1.29 bits per heavy atom. The fourth-order valence-electron chi connectivity index (χ4n) is 1.72. The summed E-state index contributed by atoms with van der Waals surface area (Å²) in [7, 11) is 1.69. The van der Waals surface area contributed by atoms with E-state index in [9.17, 15) is 10.0 Å². The molecule has 7 nitrogen and oxygen atoms in total. The van der Waals surface area contributed by atoms with E-state index < -0.39 is 5.54 Å². The molecule has 0 aliphatic rings. The molecular formula is C14H19N5O2. The van der Waals surface area contributed by atoms with E-state index in [1.165, 1.54) is 11.0 Å². The number of anilines is 2. The smallest absolute Gasteiger partial charge is 0.258 e. The topological polar surface area (TPSA) is 83.3 Å². The highest BCUT2D eigenvalue weighted by atomic mass is 16.5. The lowest BCUT2D eigenvalue weighted by Crippen LogP contribution is -2.38. The first-order valence-electron chi connectivity index (χ1n) is 6.53. The zero-order chi connectivity index (χ0) is 15.6. The molecule has 2 aromatic rings. The zero-order valence-corrected chi connectivity index (χ0v) is 12.5. The van der Waals surface area contributed by atoms with Crippen molar-refractivity contribution in [3.63, 3.8) is 0 Å². The number of hydroxylamine groups is 1. The van der Waals surface area contributed by atoms with Crippen molar-refractivity contribution < 1.29 is 10.0 Å². The van der Waals surface area contributed by atoms with E-state index in [0.717, 1.165) is 5.06 Å². The van der Waals surface area contributed by atoms with Crippen LogP contribution < -0.4 is 10.4 Å². The predicted molar refractivity (Wildman–Crippen MR) is 79.4 cm³/mol. The molecule has 0 radical (unpaired) electrons. The lowest BCUT2D eigenvalue weighted by Gasteiger charge is -2.31. The first-order chi connectivity index (χ1) is 9.79. The predicted octanol–water partition coefficient (Wildman–Crippen LogP) is 2.06. The summed E-state index contributed by atoms with van der Waals surface area (Å²) in [4.78, 5) is 16.0. The van der Waals surface area contributed by atoms with Gasteiger partial charge in [-0.05, 0) is 45.0 Å². The Balaban J connectivity index is 2.12. The molecule has 1 aromatic carbocycles. The molecule has 7 heteroatoms. The molecule has 1 heterocycles. The third-order valence-corrected chi connectivity index (χ3v) is 2.95. The van der Waals surface area contributed by atoms with Crippen LogP contribution in [-0.4, -0.2) is 31.4 Å². The van der Waals surface area contributed by atoms with Gasteiger partial charge >= 0.3 is 0 Å². The number of hydrogen-bond acceptors (Lipinski definition) is 5. The van der Waals surface area contributed by atoms with Gasteiger partial charge in [-0.2, -0.15) is 10.1 Å². The summed E-state index contributed by atoms with van der Waals surface area (Å²) in [5.41, 5.74) is 0.685. The largest absolute Gasteiger partial charge is 0.291 e. The summed E-state index contributed by atoms with van der Waals surface area (Å²) in [6, 6.07) is 6.68. The average molecular weight is 289 g/mol. The average Bonchev–Trinajstić information content (AvgIpc) is 2.82. The van der Waals surface area contributed by atoms with Gasteiger partial charge in [0, 0.05) is 12.6 Å². The number of aryl methyl sites for hydroxylation is 1. The molecule has 0 spiro atoms. The molecule has 1 amide bonds. The van der Waals surface area contributed by atoms with Gasteiger partial charge in [0.1, 0.15) is 6.33 Å². The fourth-order valence-corrected chi connectivity index (χ4v) is 1.72. The molecule has 0 saturated heterocycles. The minimum Gasteiger partial charge on any atom is -0.291 e. The standard InChI is InChI=1S/C14H19N5O2/c1-14(2,3)19(21)11-7-5-10(6-8-11)12(20)17-13-15-9-16-18(13)4/h5-9,21H,1-4H3,(H,15,16,17,20). The van der Waals surface area contributed by atoms with Gasteiger partial charge in [-0.1, -0.05) is 0 Å². The van der Waals surface area contributed by atoms with Gasteiger partial charge in [0.2, 0.25) is 5.95 Å². The van der Waals surface area contributed by atoms with Gasteiger partial charge < -0.3 is 0 Å². The van der Waals surface area contributed by atoms with Gasteiger partial charge in [-0.25, -0.2) is 4.68 Å². The summed E-state index contributed by atoms with van der Waals surface area (Å²) < 4.78 is 1.47. The van der Waals surface area contributed by atoms with Gasteiger partial charge in [-0.15, -0.1) is 0 Å². The number of nitrogens with one attached hydrogen (secondary N) is 1. The number of amides is 1. The van der Waals surface area contributed by atoms with Crippen LogP contribution in [0.3, 0.4) is 0 Å². The van der Waals surface area contributed by atoms with Crippen LogP contribution in [0, 0.1) is 0 Å². The van der Waals surface area contributed by atoms with Crippen molar-refractivity contribution in [1.82, 2.24) is 14.8 Å². The van der Waals surface area contributed by atoms with Gasteiger partial charge in [0.25, 0.3) is 5.91 Å². The molecule has 0 aliphatic heterocycles. The number of nitrogens with zero attached hydrogens (tertiary/aromatic N) is 4. The van der Waals surface area contributed by atoms with Crippen LogP contribution in [0.15, 0.2) is 30.6 Å². The molecule has 0 saturated carbocycles. The molecule has 0 fully saturated rings. The third-order valence-electron chi connectivity index (χ3n) is 2.95. The molecule has 2 N–H and O–H groups in total. The summed E-state index contributed by atoms with van der Waals surface area (Å²) in [5, 5.41) is 17.7. The summed E-state index contributed by atoms with van der Waals surface area (Å²) in [5.74, 6) is 0.0976. The van der Waals surface area contributed by atoms with Crippen LogP contribution in [0.2, 0.25) is 0 Å². The third kappa shape index (κ3) is 3.38. The van der Waals surface area contributed by atoms with E-state index in [-0.39, 0.29) is 5.91 Å². The lowest BCUT2D eigenvalue weighted by atomic mass is 10.1. The maximum atomic E-state index is 12.1. The van der Waals surface area contributed by atoms with Crippen molar-refractivity contribution in [3.8, 4) is 0 Å². The van der Waals surface area contributed by atoms with Crippen molar-refractivity contribution in [2.75, 3.05) is 10.4 Å². The maximum Gasteiger partial charge on any atom is 0.258 e. The van der Waals surface area contributed by atoms with Crippen LogP contribution in [0.5, 0.6) is 0 Å². The Kier molecular flexibility index (Phi) is 3.95. The minimum absolute atomic E-state index is 0.280. The number of benzene rings is 1. The molecule has 0 unspecified atom stereocenters. The maximum absolute atomic E-state index is 12.1. The molecule has 0 atom stereocenters. The number of carbonyl (C=O) groups is 1. The van der Waals surface area contributed by atoms with Crippen LogP contribution in [0.1, 0.15) is 31.1 Å². The van der Waals surface area contributed by atoms with E-state index in [4.69, 9.17) is 0 Å². The van der Waals surface area contributed by atoms with Crippen molar-refractivity contribution in [2.24, 2.45) is 7.05 Å². The Morgan fingerprint density at radius 3 is 2.38 bits per heavy atom. The second-order valence-corrected chi connectivity index (χ2v) is 5.69. The summed E-state index contributed by atoms with van der Waals surface area (Å²) >= 11 is 0. The van der Waals surface area contributed by atoms with E-state index in [2.05, 4.69) is 15.4 Å². The van der Waals surface area contributed by atoms with E-state index in [1.807, 2.05) is 20.8 Å². The normalized spacial score (nSPS) is 11.3. The molecule has 1 aromatic heterocycles. The number of rotatable bonds is 3.